The fourth-order valence-electron chi connectivity index (χ4n) is 10.9. The summed E-state index contributed by atoms with van der Waals surface area (Å²) in [7, 11) is 0. The lowest BCUT2D eigenvalue weighted by Gasteiger charge is -2.69. The van der Waals surface area contributed by atoms with Gasteiger partial charge in [-0.2, -0.15) is 0 Å². The monoisotopic (exact) mass is 492 g/mol. The molecule has 5 aliphatic rings. The Balaban J connectivity index is 0.00000133. The molecular weight excluding hydrogens is 444 g/mol. The Labute approximate surface area is 213 Å². The molecule has 0 radical (unpaired) electrons. The summed E-state index contributed by atoms with van der Waals surface area (Å²) in [5.74, 6) is 3.13. The Kier molecular flexibility index (Phi) is 7.07. The number of carbonyl (C=O) groups is 2. The van der Waals surface area contributed by atoms with E-state index in [2.05, 4.69) is 27.7 Å². The van der Waals surface area contributed by atoms with Gasteiger partial charge < -0.3 is 4.74 Å². The molecule has 0 saturated heterocycles. The van der Waals surface area contributed by atoms with Crippen LogP contribution in [0.4, 0.5) is 0 Å². The molecule has 0 bridgehead atoms. The molecule has 0 aromatic carbocycles. The second-order valence-electron chi connectivity index (χ2n) is 13.4. The lowest BCUT2D eigenvalue weighted by molar-refractivity contribution is -0.220. The minimum Gasteiger partial charge on any atom is -0.462 e. The van der Waals surface area contributed by atoms with Crippen LogP contribution in [0.25, 0.3) is 0 Å². The Morgan fingerprint density at radius 2 is 1.44 bits per heavy atom. The lowest BCUT2D eigenvalue weighted by atomic mass is 9.36. The van der Waals surface area contributed by atoms with E-state index in [-0.39, 0.29) is 28.1 Å². The van der Waals surface area contributed by atoms with Crippen LogP contribution in [-0.4, -0.2) is 17.3 Å². The van der Waals surface area contributed by atoms with E-state index in [1.807, 2.05) is 13.8 Å². The quantitative estimate of drug-likeness (QED) is 0.288. The Morgan fingerprint density at radius 3 is 2.09 bits per heavy atom. The average molecular weight is 493 g/mol. The van der Waals surface area contributed by atoms with Gasteiger partial charge in [0.1, 0.15) is 6.10 Å². The van der Waals surface area contributed by atoms with E-state index in [0.29, 0.717) is 28.6 Å². The van der Waals surface area contributed by atoms with Crippen molar-refractivity contribution in [2.24, 2.45) is 51.2 Å². The van der Waals surface area contributed by atoms with Crippen molar-refractivity contribution in [2.45, 2.75) is 125 Å². The van der Waals surface area contributed by atoms with Crippen molar-refractivity contribution in [2.75, 3.05) is 0 Å². The summed E-state index contributed by atoms with van der Waals surface area (Å²) in [6.45, 7) is 15.5. The molecule has 9 unspecified atom stereocenters. The second kappa shape index (κ2) is 9.07. The average Bonchev–Trinajstić information content (AvgIpc) is 3.23. The third-order valence-corrected chi connectivity index (χ3v) is 12.5. The molecule has 5 saturated carbocycles. The Hall–Kier alpha value is -0.570. The van der Waals surface area contributed by atoms with E-state index < -0.39 is 0 Å². The van der Waals surface area contributed by atoms with Crippen LogP contribution >= 0.6 is 11.6 Å². The predicted octanol–water partition coefficient (Wildman–Crippen LogP) is 8.18. The summed E-state index contributed by atoms with van der Waals surface area (Å²) >= 11 is 6.27. The van der Waals surface area contributed by atoms with Gasteiger partial charge in [0, 0.05) is 17.8 Å². The van der Waals surface area contributed by atoms with Gasteiger partial charge in [-0.15, -0.1) is 0 Å². The molecule has 0 aromatic heterocycles. The molecule has 5 aliphatic carbocycles. The maximum Gasteiger partial charge on any atom is 0.302 e. The van der Waals surface area contributed by atoms with E-state index in [4.69, 9.17) is 16.3 Å². The number of ether oxygens (including phenoxy) is 1. The van der Waals surface area contributed by atoms with Crippen LogP contribution in [0.15, 0.2) is 0 Å². The Bertz CT molecular complexity index is 807. The highest BCUT2D eigenvalue weighted by Gasteiger charge is 2.67. The van der Waals surface area contributed by atoms with E-state index >= 15 is 0 Å². The molecule has 3 nitrogen and oxygen atoms in total. The van der Waals surface area contributed by atoms with Crippen LogP contribution in [0.2, 0.25) is 0 Å². The number of fused-ring (bicyclic) bond motifs is 7. The van der Waals surface area contributed by atoms with Gasteiger partial charge in [0.15, 0.2) is 0 Å². The molecule has 0 spiro atoms. The summed E-state index contributed by atoms with van der Waals surface area (Å²) in [5.41, 5.74) is 0.486. The van der Waals surface area contributed by atoms with Gasteiger partial charge in [0.25, 0.3) is 0 Å². The van der Waals surface area contributed by atoms with Crippen molar-refractivity contribution in [1.82, 2.24) is 0 Å². The topological polar surface area (TPSA) is 43.4 Å². The zero-order valence-corrected chi connectivity index (χ0v) is 23.6. The predicted molar refractivity (Wildman–Crippen MR) is 138 cm³/mol. The highest BCUT2D eigenvalue weighted by atomic mass is 35.5. The molecule has 0 heterocycles. The molecule has 4 heteroatoms. The summed E-state index contributed by atoms with van der Waals surface area (Å²) in [4.78, 5) is 24.4. The molecule has 9 atom stereocenters. The van der Waals surface area contributed by atoms with Crippen molar-refractivity contribution in [3.63, 3.8) is 0 Å². The van der Waals surface area contributed by atoms with Gasteiger partial charge in [-0.25, -0.2) is 0 Å². The normalized spacial score (nSPS) is 48.7. The van der Waals surface area contributed by atoms with E-state index in [9.17, 15) is 9.59 Å². The first-order valence-corrected chi connectivity index (χ1v) is 14.7. The first-order valence-electron chi connectivity index (χ1n) is 14.3. The standard InChI is InChI=1S/C28H43ClO3.C2H6/c1-17(30)32-23-12-15-27(5)21(25(23,2)3)11-14-26(4)19-10-16-28(24(29)31)13-6-7-20(28)18(19)8-9-22(26)27;1-2/h18-23H,6-16H2,1-5H3;1-2H3. The summed E-state index contributed by atoms with van der Waals surface area (Å²) in [6, 6.07) is 0. The number of halogens is 1. The number of carbonyl (C=O) groups excluding carboxylic acids is 2. The van der Waals surface area contributed by atoms with Gasteiger partial charge in [0.05, 0.1) is 0 Å². The first-order chi connectivity index (χ1) is 16.0. The summed E-state index contributed by atoms with van der Waals surface area (Å²) in [6.07, 6.45) is 12.9. The minimum absolute atomic E-state index is 0.0229. The van der Waals surface area contributed by atoms with E-state index in [1.165, 1.54) is 51.4 Å². The number of esters is 1. The number of hydrogen-bond acceptors (Lipinski definition) is 3. The van der Waals surface area contributed by atoms with Crippen molar-refractivity contribution >= 4 is 22.8 Å². The highest BCUT2D eigenvalue weighted by Crippen LogP contribution is 2.73. The van der Waals surface area contributed by atoms with Gasteiger partial charge >= 0.3 is 5.97 Å². The van der Waals surface area contributed by atoms with Crippen molar-refractivity contribution in [3.05, 3.63) is 0 Å². The molecule has 0 N–H and O–H groups in total. The Morgan fingerprint density at radius 1 is 0.765 bits per heavy atom. The largest absolute Gasteiger partial charge is 0.462 e. The first kappa shape index (κ1) is 26.5. The van der Waals surface area contributed by atoms with Crippen molar-refractivity contribution in [1.29, 1.82) is 0 Å². The van der Waals surface area contributed by atoms with Gasteiger partial charge in [-0.3, -0.25) is 9.59 Å². The number of hydrogen-bond donors (Lipinski definition) is 0. The molecule has 194 valence electrons. The fourth-order valence-corrected chi connectivity index (χ4v) is 11.3. The third kappa shape index (κ3) is 3.64. The molecule has 0 amide bonds. The van der Waals surface area contributed by atoms with Crippen molar-refractivity contribution in [3.8, 4) is 0 Å². The lowest BCUT2D eigenvalue weighted by Crippen LogP contribution is -2.63. The van der Waals surface area contributed by atoms with Crippen LogP contribution < -0.4 is 0 Å². The SMILES string of the molecule is CC.CC(=O)OC1CCC2(C)C(CCC3(C)C4CCC5(C(=O)Cl)CCCC5C4CCC32)C1(C)C. The second-order valence-corrected chi connectivity index (χ2v) is 13.8. The van der Waals surface area contributed by atoms with Gasteiger partial charge in [-0.1, -0.05) is 48.0 Å². The third-order valence-electron chi connectivity index (χ3n) is 12.2. The molecule has 34 heavy (non-hydrogen) atoms. The van der Waals surface area contributed by atoms with Gasteiger partial charge in [0.2, 0.25) is 5.24 Å². The van der Waals surface area contributed by atoms with Crippen LogP contribution in [0.3, 0.4) is 0 Å². The highest BCUT2D eigenvalue weighted by molar-refractivity contribution is 6.64. The van der Waals surface area contributed by atoms with E-state index in [0.717, 1.165) is 31.1 Å². The molecule has 0 aromatic rings. The number of rotatable bonds is 2. The zero-order valence-electron chi connectivity index (χ0n) is 22.8. The summed E-state index contributed by atoms with van der Waals surface area (Å²) in [5, 5.41) is -0.0352. The minimum atomic E-state index is -0.211. The molecule has 5 rings (SSSR count). The summed E-state index contributed by atoms with van der Waals surface area (Å²) < 4.78 is 5.85. The van der Waals surface area contributed by atoms with Crippen LogP contribution in [0.1, 0.15) is 119 Å². The molecular formula is C30H49ClO3. The molecule has 5 fully saturated rings. The van der Waals surface area contributed by atoms with Gasteiger partial charge in [-0.05, 0) is 116 Å². The molecule has 0 aliphatic heterocycles. The van der Waals surface area contributed by atoms with Crippen LogP contribution in [0, 0.1) is 51.2 Å². The fraction of sp³-hybridized carbons (Fsp3) is 0.933. The maximum absolute atomic E-state index is 12.6. The van der Waals surface area contributed by atoms with Crippen LogP contribution in [0.5, 0.6) is 0 Å². The zero-order chi connectivity index (χ0) is 25.1. The maximum atomic E-state index is 12.6. The van der Waals surface area contributed by atoms with Crippen molar-refractivity contribution < 1.29 is 14.3 Å². The van der Waals surface area contributed by atoms with E-state index in [1.54, 1.807) is 6.92 Å². The smallest absolute Gasteiger partial charge is 0.302 e. The van der Waals surface area contributed by atoms with Crippen LogP contribution in [-0.2, 0) is 14.3 Å².